The van der Waals surface area contributed by atoms with Gasteiger partial charge in [0.1, 0.15) is 5.82 Å². The molecular formula is C11H14FNO. The molecule has 0 aromatic heterocycles. The number of halogens is 1. The van der Waals surface area contributed by atoms with Crippen LogP contribution in [0.25, 0.3) is 0 Å². The van der Waals surface area contributed by atoms with Gasteiger partial charge in [-0.05, 0) is 30.5 Å². The summed E-state index contributed by atoms with van der Waals surface area (Å²) in [4.78, 5) is 0. The van der Waals surface area contributed by atoms with E-state index in [9.17, 15) is 4.39 Å². The zero-order valence-electron chi connectivity index (χ0n) is 7.95. The van der Waals surface area contributed by atoms with Crippen LogP contribution >= 0.6 is 0 Å². The van der Waals surface area contributed by atoms with Gasteiger partial charge < -0.3 is 10.5 Å². The van der Waals surface area contributed by atoms with Gasteiger partial charge in [-0.1, -0.05) is 12.1 Å². The van der Waals surface area contributed by atoms with E-state index >= 15 is 0 Å². The fourth-order valence-electron chi connectivity index (χ4n) is 1.79. The molecule has 1 heterocycles. The van der Waals surface area contributed by atoms with E-state index in [0.29, 0.717) is 0 Å². The molecule has 76 valence electrons. The second-order valence-corrected chi connectivity index (χ2v) is 3.63. The summed E-state index contributed by atoms with van der Waals surface area (Å²) in [5.41, 5.74) is 6.95. The van der Waals surface area contributed by atoms with Gasteiger partial charge in [-0.2, -0.15) is 0 Å². The van der Waals surface area contributed by atoms with Crippen LogP contribution in [0.2, 0.25) is 0 Å². The Hall–Kier alpha value is -0.930. The number of hydrogen-bond acceptors (Lipinski definition) is 2. The summed E-state index contributed by atoms with van der Waals surface area (Å²) in [5, 5.41) is 0. The van der Waals surface area contributed by atoms with Crippen molar-refractivity contribution in [1.82, 2.24) is 0 Å². The first kappa shape index (κ1) is 9.62. The fourth-order valence-corrected chi connectivity index (χ4v) is 1.79. The molecule has 1 saturated heterocycles. The van der Waals surface area contributed by atoms with Crippen molar-refractivity contribution < 1.29 is 9.13 Å². The largest absolute Gasteiger partial charge is 0.376 e. The van der Waals surface area contributed by atoms with E-state index in [0.717, 1.165) is 25.0 Å². The van der Waals surface area contributed by atoms with Gasteiger partial charge in [0.25, 0.3) is 0 Å². The van der Waals surface area contributed by atoms with Crippen LogP contribution in [-0.4, -0.2) is 12.7 Å². The van der Waals surface area contributed by atoms with Crippen molar-refractivity contribution in [2.75, 3.05) is 6.61 Å². The summed E-state index contributed by atoms with van der Waals surface area (Å²) in [7, 11) is 0. The topological polar surface area (TPSA) is 35.2 Å². The first-order valence-corrected chi connectivity index (χ1v) is 4.90. The molecule has 1 aliphatic rings. The van der Waals surface area contributed by atoms with Crippen molar-refractivity contribution in [3.8, 4) is 0 Å². The predicted molar refractivity (Wildman–Crippen MR) is 52.3 cm³/mol. The Morgan fingerprint density at radius 3 is 2.64 bits per heavy atom. The number of ether oxygens (including phenoxy) is 1. The van der Waals surface area contributed by atoms with Crippen LogP contribution in [0, 0.1) is 5.82 Å². The summed E-state index contributed by atoms with van der Waals surface area (Å²) in [6, 6.07) is 6.19. The lowest BCUT2D eigenvalue weighted by atomic mass is 10.0. The Morgan fingerprint density at radius 2 is 2.07 bits per heavy atom. The third kappa shape index (κ3) is 1.94. The maximum atomic E-state index is 12.7. The van der Waals surface area contributed by atoms with E-state index in [1.54, 1.807) is 12.1 Å². The minimum Gasteiger partial charge on any atom is -0.376 e. The molecule has 14 heavy (non-hydrogen) atoms. The molecule has 2 N–H and O–H groups in total. The normalized spacial score (nSPS) is 23.7. The Labute approximate surface area is 82.9 Å². The van der Waals surface area contributed by atoms with Gasteiger partial charge in [0, 0.05) is 6.61 Å². The number of nitrogens with two attached hydrogens (primary N) is 1. The van der Waals surface area contributed by atoms with Crippen LogP contribution in [0.5, 0.6) is 0 Å². The van der Waals surface area contributed by atoms with E-state index < -0.39 is 0 Å². The summed E-state index contributed by atoms with van der Waals surface area (Å²) in [5.74, 6) is -0.228. The molecule has 2 rings (SSSR count). The molecule has 0 spiro atoms. The Morgan fingerprint density at radius 1 is 1.36 bits per heavy atom. The maximum Gasteiger partial charge on any atom is 0.123 e. The molecule has 1 aromatic carbocycles. The summed E-state index contributed by atoms with van der Waals surface area (Å²) < 4.78 is 18.1. The molecule has 1 aliphatic heterocycles. The molecule has 0 unspecified atom stereocenters. The molecule has 2 atom stereocenters. The Balaban J connectivity index is 2.09. The third-order valence-corrected chi connectivity index (χ3v) is 2.62. The summed E-state index contributed by atoms with van der Waals surface area (Å²) in [6.45, 7) is 0.791. The zero-order valence-corrected chi connectivity index (χ0v) is 7.95. The monoisotopic (exact) mass is 195 g/mol. The third-order valence-electron chi connectivity index (χ3n) is 2.62. The van der Waals surface area contributed by atoms with Gasteiger partial charge in [0.05, 0.1) is 12.1 Å². The average Bonchev–Trinajstić information content (AvgIpc) is 2.71. The first-order valence-electron chi connectivity index (χ1n) is 4.90. The molecule has 1 fully saturated rings. The molecule has 2 nitrogen and oxygen atoms in total. The zero-order chi connectivity index (χ0) is 9.97. The highest BCUT2D eigenvalue weighted by molar-refractivity contribution is 5.20. The number of rotatable bonds is 2. The quantitative estimate of drug-likeness (QED) is 0.783. The molecule has 0 radical (unpaired) electrons. The van der Waals surface area contributed by atoms with E-state index in [-0.39, 0.29) is 18.0 Å². The first-order chi connectivity index (χ1) is 6.77. The minimum atomic E-state index is -0.228. The van der Waals surface area contributed by atoms with Crippen LogP contribution < -0.4 is 5.73 Å². The number of hydrogen-bond donors (Lipinski definition) is 1. The van der Waals surface area contributed by atoms with Crippen molar-refractivity contribution in [2.45, 2.75) is 25.0 Å². The lowest BCUT2D eigenvalue weighted by Crippen LogP contribution is -2.25. The Bertz CT molecular complexity index is 293. The highest BCUT2D eigenvalue weighted by Gasteiger charge is 2.23. The van der Waals surface area contributed by atoms with Crippen LogP contribution in [-0.2, 0) is 4.74 Å². The standard InChI is InChI=1S/C11H14FNO/c12-9-5-3-8(4-6-9)11(13)10-2-1-7-14-10/h3-6,10-11H,1-2,7,13H2/t10-,11+/m1/s1. The molecule has 3 heteroatoms. The molecule has 0 aliphatic carbocycles. The fraction of sp³-hybridized carbons (Fsp3) is 0.455. The lowest BCUT2D eigenvalue weighted by molar-refractivity contribution is 0.0900. The second-order valence-electron chi connectivity index (χ2n) is 3.63. The van der Waals surface area contributed by atoms with E-state index in [1.165, 1.54) is 12.1 Å². The predicted octanol–water partition coefficient (Wildman–Crippen LogP) is 2.00. The molecule has 1 aromatic rings. The smallest absolute Gasteiger partial charge is 0.123 e. The summed E-state index contributed by atoms with van der Waals surface area (Å²) in [6.07, 6.45) is 2.17. The van der Waals surface area contributed by atoms with Gasteiger partial charge in [0.2, 0.25) is 0 Å². The SMILES string of the molecule is N[C@@H](c1ccc(F)cc1)[C@H]1CCCO1. The number of benzene rings is 1. The maximum absolute atomic E-state index is 12.7. The highest BCUT2D eigenvalue weighted by Crippen LogP contribution is 2.24. The van der Waals surface area contributed by atoms with E-state index in [2.05, 4.69) is 0 Å². The second kappa shape index (κ2) is 4.07. The Kier molecular flexibility index (Phi) is 2.79. The molecule has 0 amide bonds. The van der Waals surface area contributed by atoms with Crippen molar-refractivity contribution in [3.05, 3.63) is 35.6 Å². The van der Waals surface area contributed by atoms with Crippen LogP contribution in [0.15, 0.2) is 24.3 Å². The van der Waals surface area contributed by atoms with Gasteiger partial charge >= 0.3 is 0 Å². The van der Waals surface area contributed by atoms with Gasteiger partial charge in [0.15, 0.2) is 0 Å². The van der Waals surface area contributed by atoms with Crippen molar-refractivity contribution in [1.29, 1.82) is 0 Å². The van der Waals surface area contributed by atoms with E-state index in [4.69, 9.17) is 10.5 Å². The van der Waals surface area contributed by atoms with Gasteiger partial charge in [-0.3, -0.25) is 0 Å². The molecular weight excluding hydrogens is 181 g/mol. The van der Waals surface area contributed by atoms with Crippen molar-refractivity contribution in [2.24, 2.45) is 5.73 Å². The average molecular weight is 195 g/mol. The van der Waals surface area contributed by atoms with Crippen molar-refractivity contribution >= 4 is 0 Å². The van der Waals surface area contributed by atoms with Gasteiger partial charge in [-0.15, -0.1) is 0 Å². The van der Waals surface area contributed by atoms with Crippen molar-refractivity contribution in [3.63, 3.8) is 0 Å². The van der Waals surface area contributed by atoms with Crippen LogP contribution in [0.4, 0.5) is 4.39 Å². The highest BCUT2D eigenvalue weighted by atomic mass is 19.1. The van der Waals surface area contributed by atoms with E-state index in [1.807, 2.05) is 0 Å². The van der Waals surface area contributed by atoms with Gasteiger partial charge in [-0.25, -0.2) is 4.39 Å². The van der Waals surface area contributed by atoms with Crippen LogP contribution in [0.1, 0.15) is 24.4 Å². The van der Waals surface area contributed by atoms with Crippen LogP contribution in [0.3, 0.4) is 0 Å². The summed E-state index contributed by atoms with van der Waals surface area (Å²) >= 11 is 0. The lowest BCUT2D eigenvalue weighted by Gasteiger charge is -2.18. The molecule has 0 saturated carbocycles. The molecule has 0 bridgehead atoms. The minimum absolute atomic E-state index is 0.0976.